The van der Waals surface area contributed by atoms with Crippen LogP contribution in [-0.4, -0.2) is 50.5 Å². The van der Waals surface area contributed by atoms with Crippen LogP contribution in [0, 0.1) is 18.6 Å². The molecule has 0 bridgehead atoms. The number of carbonyl (C=O) groups is 2. The molecule has 2 aromatic heterocycles. The minimum absolute atomic E-state index is 0.0297. The fourth-order valence-corrected chi connectivity index (χ4v) is 4.55. The van der Waals surface area contributed by atoms with Crippen molar-refractivity contribution in [3.05, 3.63) is 94.3 Å². The molecule has 41 heavy (non-hydrogen) atoms. The van der Waals surface area contributed by atoms with Crippen molar-refractivity contribution in [2.75, 3.05) is 23.7 Å². The first-order valence-corrected chi connectivity index (χ1v) is 12.8. The maximum atomic E-state index is 14.9. The van der Waals surface area contributed by atoms with Crippen molar-refractivity contribution in [1.29, 1.82) is 0 Å². The van der Waals surface area contributed by atoms with Crippen molar-refractivity contribution in [3.8, 4) is 17.2 Å². The number of nitrogens with one attached hydrogen (secondary N) is 3. The molecule has 1 saturated heterocycles. The molecule has 0 radical (unpaired) electrons. The van der Waals surface area contributed by atoms with Gasteiger partial charge in [-0.2, -0.15) is 0 Å². The average Bonchev–Trinajstić information content (AvgIpc) is 3.24. The molecule has 0 spiro atoms. The smallest absolute Gasteiger partial charge is 0.330 e. The number of nitrogens with two attached hydrogens (primary N) is 1. The number of aromatic amines is 1. The monoisotopic (exact) mass is 563 g/mol. The topological polar surface area (TPSA) is 147 Å². The molecule has 212 valence electrons. The average molecular weight is 564 g/mol. The number of ether oxygens (including phenoxy) is 1. The molecule has 3 amide bonds. The van der Waals surface area contributed by atoms with Crippen molar-refractivity contribution in [1.82, 2.24) is 19.4 Å². The molecule has 2 aromatic carbocycles. The highest BCUT2D eigenvalue weighted by Crippen LogP contribution is 2.28. The summed E-state index contributed by atoms with van der Waals surface area (Å²) in [5.41, 5.74) is 6.13. The van der Waals surface area contributed by atoms with Gasteiger partial charge in [0.25, 0.3) is 5.91 Å². The lowest BCUT2D eigenvalue weighted by Crippen LogP contribution is -2.47. The molecular weight excluding hydrogens is 536 g/mol. The van der Waals surface area contributed by atoms with Gasteiger partial charge >= 0.3 is 11.7 Å². The molecule has 1 atom stereocenters. The number of aromatic nitrogens is 3. The van der Waals surface area contributed by atoms with Crippen LogP contribution in [0.25, 0.3) is 5.69 Å². The Morgan fingerprint density at radius 2 is 1.88 bits per heavy atom. The summed E-state index contributed by atoms with van der Waals surface area (Å²) in [6.07, 6.45) is 3.10. The molecule has 13 heteroatoms. The second-order valence-electron chi connectivity index (χ2n) is 9.56. The summed E-state index contributed by atoms with van der Waals surface area (Å²) in [5.74, 6) is -1.55. The minimum Gasteiger partial charge on any atom is -0.454 e. The normalized spacial score (nSPS) is 14.9. The Kier molecular flexibility index (Phi) is 7.79. The van der Waals surface area contributed by atoms with Gasteiger partial charge in [-0.15, -0.1) is 0 Å². The third-order valence-corrected chi connectivity index (χ3v) is 6.57. The first-order chi connectivity index (χ1) is 19.7. The van der Waals surface area contributed by atoms with E-state index in [0.717, 1.165) is 18.9 Å². The summed E-state index contributed by atoms with van der Waals surface area (Å²) in [6, 6.07) is 11.6. The van der Waals surface area contributed by atoms with Crippen molar-refractivity contribution in [3.63, 3.8) is 0 Å². The van der Waals surface area contributed by atoms with E-state index in [1.54, 1.807) is 11.8 Å². The van der Waals surface area contributed by atoms with Crippen molar-refractivity contribution >= 4 is 23.4 Å². The number of hydrogen-bond donors (Lipinski definition) is 4. The van der Waals surface area contributed by atoms with Gasteiger partial charge in [0.15, 0.2) is 11.6 Å². The molecule has 1 aliphatic heterocycles. The van der Waals surface area contributed by atoms with E-state index in [-0.39, 0.29) is 40.8 Å². The Labute approximate surface area is 233 Å². The van der Waals surface area contributed by atoms with Gasteiger partial charge in [0.1, 0.15) is 23.1 Å². The molecule has 0 saturated carbocycles. The molecule has 1 aliphatic rings. The number of urea groups is 1. The maximum Gasteiger partial charge on any atom is 0.330 e. The lowest BCUT2D eigenvalue weighted by molar-refractivity contribution is 0.102. The lowest BCUT2D eigenvalue weighted by atomic mass is 10.1. The molecule has 1 unspecified atom stereocenters. The number of hydrogen-bond acceptors (Lipinski definition) is 6. The number of pyridine rings is 1. The number of imidazole rings is 1. The van der Waals surface area contributed by atoms with E-state index in [2.05, 4.69) is 20.6 Å². The van der Waals surface area contributed by atoms with Gasteiger partial charge in [-0.1, -0.05) is 0 Å². The van der Waals surface area contributed by atoms with Crippen LogP contribution >= 0.6 is 0 Å². The van der Waals surface area contributed by atoms with E-state index in [1.807, 2.05) is 0 Å². The number of rotatable bonds is 6. The minimum atomic E-state index is -0.762. The van der Waals surface area contributed by atoms with Gasteiger partial charge < -0.3 is 25.7 Å². The van der Waals surface area contributed by atoms with Crippen molar-refractivity contribution in [2.45, 2.75) is 25.8 Å². The zero-order valence-corrected chi connectivity index (χ0v) is 22.0. The SMILES string of the molecule is Cc1c(C(=O)Nc2ccc(Oc3ccnc(NC(=O)N4CCCC(N)C4)c3)c(F)c2)[nH]c(=O)n1-c1ccc(F)cc1. The molecular formula is C28H27F2N7O4. The van der Waals surface area contributed by atoms with Crippen molar-refractivity contribution < 1.29 is 23.1 Å². The molecule has 4 aromatic rings. The van der Waals surface area contributed by atoms with Gasteiger partial charge in [-0.3, -0.25) is 14.7 Å². The van der Waals surface area contributed by atoms with Crippen LogP contribution in [-0.2, 0) is 0 Å². The maximum absolute atomic E-state index is 14.9. The number of likely N-dealkylation sites (tertiary alicyclic amines) is 1. The largest absolute Gasteiger partial charge is 0.454 e. The van der Waals surface area contributed by atoms with Crippen LogP contribution in [0.2, 0.25) is 0 Å². The first-order valence-electron chi connectivity index (χ1n) is 12.8. The highest BCUT2D eigenvalue weighted by Gasteiger charge is 2.22. The summed E-state index contributed by atoms with van der Waals surface area (Å²) in [5, 5.41) is 5.25. The van der Waals surface area contributed by atoms with Gasteiger partial charge in [0.05, 0.1) is 11.4 Å². The summed E-state index contributed by atoms with van der Waals surface area (Å²) < 4.78 is 35.1. The molecule has 5 rings (SSSR count). The number of anilines is 2. The number of carbonyl (C=O) groups excluding carboxylic acids is 2. The summed E-state index contributed by atoms with van der Waals surface area (Å²) in [4.78, 5) is 46.1. The molecule has 1 fully saturated rings. The standard InChI is InChI=1S/C28H27F2N7O4/c1-16-25(35-28(40)37(16)20-7-4-17(29)5-8-20)26(38)33-19-6-9-23(22(30)13-19)41-21-10-11-32-24(14-21)34-27(39)36-12-2-3-18(31)15-36/h4-11,13-14,18H,2-3,12,15,31H2,1H3,(H,33,38)(H,35,40)(H,32,34,39). The van der Waals surface area contributed by atoms with Crippen LogP contribution < -0.4 is 26.8 Å². The summed E-state index contributed by atoms with van der Waals surface area (Å²) >= 11 is 0. The molecule has 3 heterocycles. The fraction of sp³-hybridized carbons (Fsp3) is 0.214. The van der Waals surface area contributed by atoms with E-state index < -0.39 is 23.2 Å². The Morgan fingerprint density at radius 1 is 1.10 bits per heavy atom. The fourth-order valence-electron chi connectivity index (χ4n) is 4.55. The summed E-state index contributed by atoms with van der Waals surface area (Å²) in [7, 11) is 0. The second-order valence-corrected chi connectivity index (χ2v) is 9.56. The predicted octanol–water partition coefficient (Wildman–Crippen LogP) is 4.15. The van der Waals surface area contributed by atoms with E-state index in [9.17, 15) is 23.2 Å². The van der Waals surface area contributed by atoms with E-state index >= 15 is 0 Å². The second kappa shape index (κ2) is 11.6. The Hall–Kier alpha value is -5.04. The van der Waals surface area contributed by atoms with Crippen LogP contribution in [0.1, 0.15) is 29.0 Å². The number of benzene rings is 2. The van der Waals surface area contributed by atoms with Gasteiger partial charge in [0, 0.05) is 43.1 Å². The number of nitrogens with zero attached hydrogens (tertiary/aromatic N) is 3. The lowest BCUT2D eigenvalue weighted by Gasteiger charge is -2.30. The highest BCUT2D eigenvalue weighted by atomic mass is 19.1. The van der Waals surface area contributed by atoms with E-state index in [0.29, 0.717) is 24.5 Å². The zero-order chi connectivity index (χ0) is 29.1. The highest BCUT2D eigenvalue weighted by molar-refractivity contribution is 6.03. The third kappa shape index (κ3) is 6.25. The number of halogens is 2. The first kappa shape index (κ1) is 27.5. The molecule has 0 aliphatic carbocycles. The number of amides is 3. The number of H-pyrrole nitrogens is 1. The van der Waals surface area contributed by atoms with Crippen LogP contribution in [0.3, 0.4) is 0 Å². The van der Waals surface area contributed by atoms with Crippen LogP contribution in [0.15, 0.2) is 65.6 Å². The zero-order valence-electron chi connectivity index (χ0n) is 22.0. The predicted molar refractivity (Wildman–Crippen MR) is 148 cm³/mol. The van der Waals surface area contributed by atoms with Crippen molar-refractivity contribution in [2.24, 2.45) is 5.73 Å². The van der Waals surface area contributed by atoms with Gasteiger partial charge in [0.2, 0.25) is 0 Å². The van der Waals surface area contributed by atoms with E-state index in [4.69, 9.17) is 10.5 Å². The quantitative estimate of drug-likeness (QED) is 0.277. The summed E-state index contributed by atoms with van der Waals surface area (Å²) in [6.45, 7) is 2.60. The van der Waals surface area contributed by atoms with Crippen LogP contribution in [0.4, 0.5) is 25.1 Å². The van der Waals surface area contributed by atoms with E-state index in [1.165, 1.54) is 59.3 Å². The molecule has 11 nitrogen and oxygen atoms in total. The van der Waals surface area contributed by atoms with Gasteiger partial charge in [-0.05, 0) is 62.2 Å². The van der Waals surface area contributed by atoms with Gasteiger partial charge in [-0.25, -0.2) is 23.4 Å². The Bertz CT molecular complexity index is 1650. The molecule has 5 N–H and O–H groups in total. The Morgan fingerprint density at radius 3 is 2.61 bits per heavy atom. The Balaban J connectivity index is 1.25. The third-order valence-electron chi connectivity index (χ3n) is 6.57. The number of piperidine rings is 1. The van der Waals surface area contributed by atoms with Crippen LogP contribution in [0.5, 0.6) is 11.5 Å².